The molecule has 0 bridgehead atoms. The molecule has 4 amide bonds. The van der Waals surface area contributed by atoms with Crippen LogP contribution in [0.5, 0.6) is 0 Å². The number of ketones is 1. The van der Waals surface area contributed by atoms with Crippen molar-refractivity contribution in [1.82, 2.24) is 16.0 Å². The second kappa shape index (κ2) is 9.18. The fraction of sp³-hybridized carbons (Fsp3) is 0.353. The molecular formula is C17H19ClN4O6. The molecule has 5 N–H and O–H groups in total. The van der Waals surface area contributed by atoms with Crippen molar-refractivity contribution in [3.05, 3.63) is 28.8 Å². The monoisotopic (exact) mass is 410 g/mol. The maximum Gasteiger partial charge on any atom is 0.409 e. The second-order valence-electron chi connectivity index (χ2n) is 6.10. The number of hydrogen-bond donors (Lipinski definition) is 5. The quantitative estimate of drug-likeness (QED) is 0.409. The van der Waals surface area contributed by atoms with Gasteiger partial charge < -0.3 is 21.1 Å². The number of carbonyl (C=O) groups is 5. The van der Waals surface area contributed by atoms with Crippen molar-refractivity contribution >= 4 is 46.9 Å². The van der Waals surface area contributed by atoms with Crippen LogP contribution in [0.2, 0.25) is 5.02 Å². The zero-order valence-electron chi connectivity index (χ0n) is 14.9. The summed E-state index contributed by atoms with van der Waals surface area (Å²) >= 11 is 5.89. The Bertz CT molecular complexity index is 828. The fourth-order valence-corrected chi connectivity index (χ4v) is 3.00. The number of Topliss-reactive ketones (excluding diaryl/α,β-unsaturated/α-hetero) is 1. The summed E-state index contributed by atoms with van der Waals surface area (Å²) in [5.74, 6) is -3.44. The molecule has 0 saturated carbocycles. The van der Waals surface area contributed by atoms with Gasteiger partial charge in [0.05, 0.1) is 17.3 Å². The van der Waals surface area contributed by atoms with E-state index in [1.807, 2.05) is 0 Å². The minimum absolute atomic E-state index is 0.0425. The van der Waals surface area contributed by atoms with Crippen LogP contribution in [0.15, 0.2) is 18.2 Å². The van der Waals surface area contributed by atoms with Gasteiger partial charge in [0, 0.05) is 24.5 Å². The minimum Gasteiger partial charge on any atom is -0.465 e. The molecule has 11 heteroatoms. The molecule has 1 unspecified atom stereocenters. The van der Waals surface area contributed by atoms with E-state index in [1.165, 1.54) is 25.2 Å². The van der Waals surface area contributed by atoms with Crippen LogP contribution in [0.1, 0.15) is 23.2 Å². The van der Waals surface area contributed by atoms with E-state index in [0.29, 0.717) is 13.0 Å². The third-order valence-electron chi connectivity index (χ3n) is 4.22. The molecule has 150 valence electrons. The number of rotatable bonds is 7. The Morgan fingerprint density at radius 1 is 1.32 bits per heavy atom. The Balaban J connectivity index is 2.27. The zero-order chi connectivity index (χ0) is 20.8. The van der Waals surface area contributed by atoms with Crippen molar-refractivity contribution in [3.63, 3.8) is 0 Å². The molecule has 0 aromatic heterocycles. The summed E-state index contributed by atoms with van der Waals surface area (Å²) in [5, 5.41) is 18.4. The zero-order valence-corrected chi connectivity index (χ0v) is 15.6. The number of hydrogen-bond acceptors (Lipinski definition) is 5. The van der Waals surface area contributed by atoms with E-state index in [1.54, 1.807) is 0 Å². The summed E-state index contributed by atoms with van der Waals surface area (Å²) in [5.41, 5.74) is -0.167. The van der Waals surface area contributed by atoms with Crippen molar-refractivity contribution in [1.29, 1.82) is 0 Å². The van der Waals surface area contributed by atoms with Crippen LogP contribution in [-0.4, -0.2) is 54.3 Å². The van der Waals surface area contributed by atoms with Gasteiger partial charge >= 0.3 is 6.09 Å². The van der Waals surface area contributed by atoms with Crippen molar-refractivity contribution < 1.29 is 29.1 Å². The second-order valence-corrected chi connectivity index (χ2v) is 6.54. The predicted molar refractivity (Wildman–Crippen MR) is 99.2 cm³/mol. The number of halogens is 1. The summed E-state index contributed by atoms with van der Waals surface area (Å²) in [6.45, 7) is 0.444. The van der Waals surface area contributed by atoms with Crippen LogP contribution in [0, 0.1) is 5.92 Å². The van der Waals surface area contributed by atoms with Gasteiger partial charge in [-0.25, -0.2) is 4.79 Å². The Hall–Kier alpha value is -3.14. The van der Waals surface area contributed by atoms with E-state index in [0.717, 1.165) is 0 Å². The van der Waals surface area contributed by atoms with E-state index >= 15 is 0 Å². The summed E-state index contributed by atoms with van der Waals surface area (Å²) in [6.07, 6.45) is -0.988. The van der Waals surface area contributed by atoms with Crippen LogP contribution in [0.3, 0.4) is 0 Å². The van der Waals surface area contributed by atoms with E-state index in [-0.39, 0.29) is 28.6 Å². The Morgan fingerprint density at radius 3 is 2.61 bits per heavy atom. The van der Waals surface area contributed by atoms with Gasteiger partial charge in [-0.15, -0.1) is 0 Å². The highest BCUT2D eigenvalue weighted by Gasteiger charge is 2.34. The average Bonchev–Trinajstić information content (AvgIpc) is 3.05. The highest BCUT2D eigenvalue weighted by Crippen LogP contribution is 2.22. The van der Waals surface area contributed by atoms with Gasteiger partial charge in [0.1, 0.15) is 0 Å². The molecule has 0 radical (unpaired) electrons. The number of nitrogens with one attached hydrogen (secondary N) is 4. The molecule has 1 aromatic rings. The third kappa shape index (κ3) is 5.19. The summed E-state index contributed by atoms with van der Waals surface area (Å²) in [4.78, 5) is 59.6. The molecule has 2 rings (SSSR count). The molecule has 1 aliphatic heterocycles. The summed E-state index contributed by atoms with van der Waals surface area (Å²) < 4.78 is 0. The van der Waals surface area contributed by atoms with Crippen molar-refractivity contribution in [3.8, 4) is 0 Å². The van der Waals surface area contributed by atoms with Gasteiger partial charge in [-0.3, -0.25) is 24.5 Å². The molecule has 0 aliphatic carbocycles. The SMILES string of the molecule is CNC(=O)C(=O)C(C[C@@H]1CCNC1=O)NC(=O)c1cc(Cl)ccc1NC(=O)O. The number of anilines is 1. The van der Waals surface area contributed by atoms with Crippen molar-refractivity contribution in [2.45, 2.75) is 18.9 Å². The Kier molecular flexibility index (Phi) is 6.94. The maximum atomic E-state index is 12.7. The first kappa shape index (κ1) is 21.2. The van der Waals surface area contributed by atoms with Crippen LogP contribution in [0.4, 0.5) is 10.5 Å². The molecule has 1 aromatic carbocycles. The van der Waals surface area contributed by atoms with E-state index in [9.17, 15) is 24.0 Å². The first-order valence-corrected chi connectivity index (χ1v) is 8.74. The van der Waals surface area contributed by atoms with Gasteiger partial charge in [0.25, 0.3) is 11.8 Å². The molecule has 10 nitrogen and oxygen atoms in total. The Morgan fingerprint density at radius 2 is 2.04 bits per heavy atom. The van der Waals surface area contributed by atoms with Gasteiger partial charge in [-0.1, -0.05) is 11.6 Å². The molecule has 2 atom stereocenters. The van der Waals surface area contributed by atoms with E-state index in [4.69, 9.17) is 16.7 Å². The molecule has 1 fully saturated rings. The number of carbonyl (C=O) groups excluding carboxylic acids is 4. The van der Waals surface area contributed by atoms with Gasteiger partial charge in [0.2, 0.25) is 11.7 Å². The first-order valence-electron chi connectivity index (χ1n) is 8.37. The lowest BCUT2D eigenvalue weighted by Crippen LogP contribution is -2.48. The van der Waals surface area contributed by atoms with Crippen LogP contribution < -0.4 is 21.3 Å². The lowest BCUT2D eigenvalue weighted by molar-refractivity contribution is -0.139. The van der Waals surface area contributed by atoms with Gasteiger partial charge in [0.15, 0.2) is 0 Å². The maximum absolute atomic E-state index is 12.7. The molecular weight excluding hydrogens is 392 g/mol. The molecule has 1 saturated heterocycles. The number of benzene rings is 1. The third-order valence-corrected chi connectivity index (χ3v) is 4.46. The molecule has 1 heterocycles. The van der Waals surface area contributed by atoms with Crippen molar-refractivity contribution in [2.75, 3.05) is 18.9 Å². The largest absolute Gasteiger partial charge is 0.465 e. The lowest BCUT2D eigenvalue weighted by Gasteiger charge is -2.20. The fourth-order valence-electron chi connectivity index (χ4n) is 2.83. The van der Waals surface area contributed by atoms with Crippen LogP contribution >= 0.6 is 11.6 Å². The van der Waals surface area contributed by atoms with Crippen LogP contribution in [-0.2, 0) is 14.4 Å². The molecule has 0 spiro atoms. The Labute approximate surface area is 165 Å². The minimum atomic E-state index is -1.39. The lowest BCUT2D eigenvalue weighted by atomic mass is 9.95. The van der Waals surface area contributed by atoms with E-state index in [2.05, 4.69) is 21.3 Å². The smallest absolute Gasteiger partial charge is 0.409 e. The van der Waals surface area contributed by atoms with Gasteiger partial charge in [-0.05, 0) is 31.0 Å². The average molecular weight is 411 g/mol. The molecule has 28 heavy (non-hydrogen) atoms. The number of carboxylic acid groups (broad SMARTS) is 1. The van der Waals surface area contributed by atoms with E-state index < -0.39 is 35.7 Å². The van der Waals surface area contributed by atoms with Crippen LogP contribution in [0.25, 0.3) is 0 Å². The van der Waals surface area contributed by atoms with Gasteiger partial charge in [-0.2, -0.15) is 0 Å². The summed E-state index contributed by atoms with van der Waals surface area (Å²) in [6, 6.07) is 2.65. The highest BCUT2D eigenvalue weighted by atomic mass is 35.5. The number of amides is 4. The summed E-state index contributed by atoms with van der Waals surface area (Å²) in [7, 11) is 1.27. The number of likely N-dealkylation sites (N-methyl/N-ethyl adjacent to an activating group) is 1. The van der Waals surface area contributed by atoms with Crippen molar-refractivity contribution in [2.24, 2.45) is 5.92 Å². The highest BCUT2D eigenvalue weighted by molar-refractivity contribution is 6.38. The molecule has 1 aliphatic rings. The topological polar surface area (TPSA) is 154 Å². The predicted octanol–water partition coefficient (Wildman–Crippen LogP) is 0.370. The first-order chi connectivity index (χ1) is 13.2. The standard InChI is InChI=1S/C17H19ClN4O6/c1-19-16(26)13(23)12(6-8-4-5-20-14(8)24)21-15(25)10-7-9(18)2-3-11(10)22-17(27)28/h2-3,7-8,12,22H,4-6H2,1H3,(H,19,26)(H,20,24)(H,21,25)(H,27,28)/t8-,12?/m0/s1. The normalized spacial score (nSPS) is 16.6.